The van der Waals surface area contributed by atoms with Crippen LogP contribution in [-0.4, -0.2) is 11.5 Å². The minimum absolute atomic E-state index is 0.265. The van der Waals surface area contributed by atoms with E-state index in [2.05, 4.69) is 24.1 Å². The standard InChI is InChI=1S/C16H18Cl2N2O/c1-3-9-19-11(2)12-7-8-15(20-10-12)21-14-6-4-5-13(17)16(14)18/h4-8,10-11,19H,3,9H2,1-2H3. The molecular weight excluding hydrogens is 307 g/mol. The maximum atomic E-state index is 6.09. The van der Waals surface area contributed by atoms with Crippen molar-refractivity contribution in [1.29, 1.82) is 0 Å². The van der Waals surface area contributed by atoms with Gasteiger partial charge in [-0.1, -0.05) is 42.3 Å². The summed E-state index contributed by atoms with van der Waals surface area (Å²) in [6.07, 6.45) is 2.91. The molecule has 2 aromatic rings. The highest BCUT2D eigenvalue weighted by Gasteiger charge is 2.09. The van der Waals surface area contributed by atoms with Crippen molar-refractivity contribution in [2.75, 3.05) is 6.54 Å². The number of nitrogens with one attached hydrogen (secondary N) is 1. The van der Waals surface area contributed by atoms with Crippen molar-refractivity contribution in [2.45, 2.75) is 26.3 Å². The summed E-state index contributed by atoms with van der Waals surface area (Å²) in [5, 5.41) is 4.27. The molecule has 2 rings (SSSR count). The maximum absolute atomic E-state index is 6.09. The lowest BCUT2D eigenvalue weighted by Gasteiger charge is -2.14. The molecule has 0 spiro atoms. The Labute approximate surface area is 135 Å². The van der Waals surface area contributed by atoms with Gasteiger partial charge < -0.3 is 10.1 Å². The summed E-state index contributed by atoms with van der Waals surface area (Å²) in [7, 11) is 0. The monoisotopic (exact) mass is 324 g/mol. The van der Waals surface area contributed by atoms with Gasteiger partial charge in [-0.05, 0) is 37.6 Å². The van der Waals surface area contributed by atoms with E-state index >= 15 is 0 Å². The third-order valence-corrected chi connectivity index (χ3v) is 3.89. The summed E-state index contributed by atoms with van der Waals surface area (Å²) >= 11 is 12.0. The Morgan fingerprint density at radius 1 is 1.24 bits per heavy atom. The number of hydrogen-bond donors (Lipinski definition) is 1. The van der Waals surface area contributed by atoms with E-state index in [9.17, 15) is 0 Å². The molecule has 21 heavy (non-hydrogen) atoms. The van der Waals surface area contributed by atoms with E-state index in [4.69, 9.17) is 27.9 Å². The second kappa shape index (κ2) is 7.64. The van der Waals surface area contributed by atoms with E-state index in [1.54, 1.807) is 24.4 Å². The van der Waals surface area contributed by atoms with Crippen LogP contribution in [0.5, 0.6) is 11.6 Å². The molecule has 0 bridgehead atoms. The van der Waals surface area contributed by atoms with Crippen LogP contribution >= 0.6 is 23.2 Å². The Morgan fingerprint density at radius 2 is 2.05 bits per heavy atom. The van der Waals surface area contributed by atoms with Gasteiger partial charge in [0.05, 0.1) is 5.02 Å². The molecule has 0 amide bonds. The van der Waals surface area contributed by atoms with Crippen molar-refractivity contribution in [3.8, 4) is 11.6 Å². The summed E-state index contributed by atoms with van der Waals surface area (Å²) in [4.78, 5) is 4.31. The predicted molar refractivity (Wildman–Crippen MR) is 87.5 cm³/mol. The van der Waals surface area contributed by atoms with Gasteiger partial charge in [-0.2, -0.15) is 0 Å². The molecular formula is C16H18Cl2N2O. The molecule has 0 saturated heterocycles. The van der Waals surface area contributed by atoms with Crippen LogP contribution in [0.1, 0.15) is 31.9 Å². The van der Waals surface area contributed by atoms with Gasteiger partial charge in [0.25, 0.3) is 0 Å². The molecule has 1 aromatic carbocycles. The van der Waals surface area contributed by atoms with E-state index < -0.39 is 0 Å². The second-order valence-electron chi connectivity index (χ2n) is 4.76. The number of hydrogen-bond acceptors (Lipinski definition) is 3. The SMILES string of the molecule is CCCNC(C)c1ccc(Oc2cccc(Cl)c2Cl)nc1. The molecule has 0 radical (unpaired) electrons. The molecule has 112 valence electrons. The van der Waals surface area contributed by atoms with Crippen LogP contribution in [0.25, 0.3) is 0 Å². The molecule has 5 heteroatoms. The third kappa shape index (κ3) is 4.34. The van der Waals surface area contributed by atoms with Gasteiger partial charge in [-0.15, -0.1) is 0 Å². The Kier molecular flexibility index (Phi) is 5.85. The van der Waals surface area contributed by atoms with Crippen LogP contribution in [0.4, 0.5) is 0 Å². The zero-order valence-corrected chi connectivity index (χ0v) is 13.6. The molecule has 0 aliphatic carbocycles. The Hall–Kier alpha value is -1.29. The minimum atomic E-state index is 0.265. The van der Waals surface area contributed by atoms with Gasteiger partial charge >= 0.3 is 0 Å². The van der Waals surface area contributed by atoms with Gasteiger partial charge in [0.2, 0.25) is 5.88 Å². The third-order valence-electron chi connectivity index (χ3n) is 3.09. The number of rotatable bonds is 6. The van der Waals surface area contributed by atoms with Crippen molar-refractivity contribution in [3.63, 3.8) is 0 Å². The van der Waals surface area contributed by atoms with E-state index in [1.165, 1.54) is 0 Å². The number of ether oxygens (including phenoxy) is 1. The van der Waals surface area contributed by atoms with Crippen LogP contribution in [-0.2, 0) is 0 Å². The number of pyridine rings is 1. The minimum Gasteiger partial charge on any atom is -0.437 e. The lowest BCUT2D eigenvalue weighted by atomic mass is 10.1. The average Bonchev–Trinajstić information content (AvgIpc) is 2.50. The molecule has 0 aliphatic heterocycles. The lowest BCUT2D eigenvalue weighted by Crippen LogP contribution is -2.19. The summed E-state index contributed by atoms with van der Waals surface area (Å²) in [6, 6.07) is 9.35. The lowest BCUT2D eigenvalue weighted by molar-refractivity contribution is 0.461. The smallest absolute Gasteiger partial charge is 0.219 e. The van der Waals surface area contributed by atoms with Gasteiger partial charge in [0.15, 0.2) is 0 Å². The summed E-state index contributed by atoms with van der Waals surface area (Å²) in [5.74, 6) is 0.993. The fraction of sp³-hybridized carbons (Fsp3) is 0.312. The van der Waals surface area contributed by atoms with Crippen LogP contribution in [0.3, 0.4) is 0 Å². The maximum Gasteiger partial charge on any atom is 0.219 e. The highest BCUT2D eigenvalue weighted by atomic mass is 35.5. The molecule has 0 aliphatic rings. The Balaban J connectivity index is 2.07. The number of aromatic nitrogens is 1. The molecule has 0 fully saturated rings. The first-order chi connectivity index (χ1) is 10.1. The first kappa shape index (κ1) is 16.1. The van der Waals surface area contributed by atoms with Crippen LogP contribution in [0.15, 0.2) is 36.5 Å². The van der Waals surface area contributed by atoms with Gasteiger partial charge in [0.1, 0.15) is 10.8 Å². The summed E-state index contributed by atoms with van der Waals surface area (Å²) in [6.45, 7) is 5.24. The molecule has 1 atom stereocenters. The van der Waals surface area contributed by atoms with Crippen LogP contribution in [0, 0.1) is 0 Å². The molecule has 3 nitrogen and oxygen atoms in total. The van der Waals surface area contributed by atoms with E-state index in [0.29, 0.717) is 21.7 Å². The van der Waals surface area contributed by atoms with Gasteiger partial charge in [-0.3, -0.25) is 0 Å². The van der Waals surface area contributed by atoms with Crippen molar-refractivity contribution in [3.05, 3.63) is 52.1 Å². The summed E-state index contributed by atoms with van der Waals surface area (Å²) < 4.78 is 5.66. The van der Waals surface area contributed by atoms with Crippen LogP contribution in [0.2, 0.25) is 10.0 Å². The predicted octanol–water partition coefficient (Wildman–Crippen LogP) is 5.24. The fourth-order valence-corrected chi connectivity index (χ4v) is 2.19. The van der Waals surface area contributed by atoms with Gasteiger partial charge in [0, 0.05) is 18.3 Å². The first-order valence-electron chi connectivity index (χ1n) is 6.93. The quantitative estimate of drug-likeness (QED) is 0.788. The highest BCUT2D eigenvalue weighted by Crippen LogP contribution is 2.34. The number of nitrogens with zero attached hydrogens (tertiary/aromatic N) is 1. The van der Waals surface area contributed by atoms with E-state index in [1.807, 2.05) is 12.1 Å². The van der Waals surface area contributed by atoms with Crippen molar-refractivity contribution in [2.24, 2.45) is 0 Å². The van der Waals surface area contributed by atoms with Crippen LogP contribution < -0.4 is 10.1 Å². The Bertz CT molecular complexity index is 587. The molecule has 0 saturated carbocycles. The average molecular weight is 325 g/mol. The first-order valence-corrected chi connectivity index (χ1v) is 7.68. The fourth-order valence-electron chi connectivity index (χ4n) is 1.86. The van der Waals surface area contributed by atoms with Crippen molar-refractivity contribution < 1.29 is 4.74 Å². The largest absolute Gasteiger partial charge is 0.437 e. The molecule has 1 unspecified atom stereocenters. The van der Waals surface area contributed by atoms with Crippen molar-refractivity contribution in [1.82, 2.24) is 10.3 Å². The summed E-state index contributed by atoms with van der Waals surface area (Å²) in [5.41, 5.74) is 1.12. The Morgan fingerprint density at radius 3 is 2.71 bits per heavy atom. The zero-order chi connectivity index (χ0) is 15.2. The molecule has 1 heterocycles. The number of halogens is 2. The molecule has 1 N–H and O–H groups in total. The van der Waals surface area contributed by atoms with E-state index in [0.717, 1.165) is 18.5 Å². The number of benzene rings is 1. The second-order valence-corrected chi connectivity index (χ2v) is 5.54. The zero-order valence-electron chi connectivity index (χ0n) is 12.1. The van der Waals surface area contributed by atoms with Gasteiger partial charge in [-0.25, -0.2) is 4.98 Å². The normalized spacial score (nSPS) is 12.2. The molecule has 1 aromatic heterocycles. The van der Waals surface area contributed by atoms with E-state index in [-0.39, 0.29) is 6.04 Å². The van der Waals surface area contributed by atoms with Crippen molar-refractivity contribution >= 4 is 23.2 Å². The highest BCUT2D eigenvalue weighted by molar-refractivity contribution is 6.42. The topological polar surface area (TPSA) is 34.1 Å².